The Morgan fingerprint density at radius 2 is 1.83 bits per heavy atom. The third-order valence-electron chi connectivity index (χ3n) is 4.59. The van der Waals surface area contributed by atoms with Gasteiger partial charge in [0.15, 0.2) is 0 Å². The summed E-state index contributed by atoms with van der Waals surface area (Å²) in [5, 5.41) is 5.93. The van der Waals surface area contributed by atoms with Gasteiger partial charge >= 0.3 is 0 Å². The number of ether oxygens (including phenoxy) is 1. The minimum absolute atomic E-state index is 0.0837. The Labute approximate surface area is 140 Å². The summed E-state index contributed by atoms with van der Waals surface area (Å²) >= 11 is 0. The van der Waals surface area contributed by atoms with Crippen molar-refractivity contribution < 1.29 is 14.3 Å². The summed E-state index contributed by atoms with van der Waals surface area (Å²) in [7, 11) is 0. The number of para-hydroxylation sites is 2. The van der Waals surface area contributed by atoms with Crippen LogP contribution in [0, 0.1) is 0 Å². The Hall–Kier alpha value is -2.82. The Morgan fingerprint density at radius 1 is 1.08 bits per heavy atom. The number of carbonyl (C=O) groups is 2. The van der Waals surface area contributed by atoms with Crippen LogP contribution in [0.25, 0.3) is 0 Å². The molecule has 122 valence electrons. The molecule has 2 aliphatic heterocycles. The first-order chi connectivity index (χ1) is 11.7. The highest BCUT2D eigenvalue weighted by atomic mass is 16.5. The first-order valence-electron chi connectivity index (χ1n) is 8.13. The molecule has 24 heavy (non-hydrogen) atoms. The summed E-state index contributed by atoms with van der Waals surface area (Å²) in [4.78, 5) is 24.8. The average molecular weight is 322 g/mol. The summed E-state index contributed by atoms with van der Waals surface area (Å²) in [6.07, 6.45) is 0.900. The highest BCUT2D eigenvalue weighted by Gasteiger charge is 2.32. The van der Waals surface area contributed by atoms with Gasteiger partial charge in [-0.2, -0.15) is 0 Å². The number of benzene rings is 2. The Bertz CT molecular complexity index is 803. The van der Waals surface area contributed by atoms with Crippen LogP contribution in [0.4, 0.5) is 5.69 Å². The van der Waals surface area contributed by atoms with Gasteiger partial charge in [0.2, 0.25) is 11.8 Å². The van der Waals surface area contributed by atoms with E-state index >= 15 is 0 Å². The van der Waals surface area contributed by atoms with Crippen LogP contribution >= 0.6 is 0 Å². The molecule has 2 heterocycles. The van der Waals surface area contributed by atoms with Crippen LogP contribution in [0.5, 0.6) is 5.75 Å². The summed E-state index contributed by atoms with van der Waals surface area (Å²) in [5.41, 5.74) is 2.59. The summed E-state index contributed by atoms with van der Waals surface area (Å²) in [6, 6.07) is 15.1. The molecular weight excluding hydrogens is 304 g/mol. The number of fused-ring (bicyclic) bond motifs is 2. The topological polar surface area (TPSA) is 67.4 Å². The van der Waals surface area contributed by atoms with E-state index in [1.807, 2.05) is 48.5 Å². The van der Waals surface area contributed by atoms with E-state index in [9.17, 15) is 9.59 Å². The van der Waals surface area contributed by atoms with Crippen LogP contribution in [-0.4, -0.2) is 18.4 Å². The van der Waals surface area contributed by atoms with Gasteiger partial charge in [0.05, 0.1) is 18.6 Å². The van der Waals surface area contributed by atoms with Gasteiger partial charge in [0, 0.05) is 24.1 Å². The lowest BCUT2D eigenvalue weighted by atomic mass is 9.89. The van der Waals surface area contributed by atoms with Gasteiger partial charge in [0.25, 0.3) is 0 Å². The van der Waals surface area contributed by atoms with Crippen molar-refractivity contribution in [3.8, 4) is 5.75 Å². The third kappa shape index (κ3) is 2.62. The second-order valence-electron chi connectivity index (χ2n) is 6.13. The molecule has 0 spiro atoms. The Morgan fingerprint density at radius 3 is 2.71 bits per heavy atom. The van der Waals surface area contributed by atoms with Crippen LogP contribution in [0.1, 0.15) is 35.9 Å². The fraction of sp³-hybridized carbons (Fsp3) is 0.263. The van der Waals surface area contributed by atoms with Crippen molar-refractivity contribution >= 4 is 17.5 Å². The molecule has 0 saturated heterocycles. The van der Waals surface area contributed by atoms with Gasteiger partial charge in [-0.15, -0.1) is 0 Å². The van der Waals surface area contributed by atoms with Crippen molar-refractivity contribution in [1.82, 2.24) is 5.32 Å². The first-order valence-corrected chi connectivity index (χ1v) is 8.13. The largest absolute Gasteiger partial charge is 0.493 e. The van der Waals surface area contributed by atoms with Gasteiger partial charge < -0.3 is 15.4 Å². The predicted molar refractivity (Wildman–Crippen MR) is 89.9 cm³/mol. The van der Waals surface area contributed by atoms with E-state index in [1.165, 1.54) is 0 Å². The molecule has 0 aromatic heterocycles. The second-order valence-corrected chi connectivity index (χ2v) is 6.13. The zero-order valence-electron chi connectivity index (χ0n) is 13.1. The van der Waals surface area contributed by atoms with E-state index in [2.05, 4.69) is 10.6 Å². The molecule has 0 unspecified atom stereocenters. The number of anilines is 1. The molecule has 0 radical (unpaired) electrons. The zero-order chi connectivity index (χ0) is 16.5. The molecule has 2 atom stereocenters. The fourth-order valence-corrected chi connectivity index (χ4v) is 3.41. The predicted octanol–water partition coefficient (Wildman–Crippen LogP) is 2.75. The van der Waals surface area contributed by atoms with Crippen LogP contribution in [-0.2, 0) is 9.59 Å². The van der Waals surface area contributed by atoms with Gasteiger partial charge in [0.1, 0.15) is 5.75 Å². The van der Waals surface area contributed by atoms with E-state index in [4.69, 9.17) is 4.74 Å². The maximum atomic E-state index is 12.9. The smallest absolute Gasteiger partial charge is 0.228 e. The lowest BCUT2D eigenvalue weighted by Crippen LogP contribution is -2.38. The summed E-state index contributed by atoms with van der Waals surface area (Å²) in [5.74, 6) is 0.126. The van der Waals surface area contributed by atoms with E-state index in [1.54, 1.807) is 0 Å². The molecule has 2 amide bonds. The summed E-state index contributed by atoms with van der Waals surface area (Å²) in [6.45, 7) is 0.573. The standard InChI is InChI=1S/C19H18N2O3/c22-18-11-14(12-5-1-3-7-15(12)20-18)19(23)21-16-9-10-24-17-8-4-2-6-13(16)17/h1-8,14,16H,9-11H2,(H,20,22)(H,21,23)/t14-,16+/m1/s1. The average Bonchev–Trinajstić information content (AvgIpc) is 2.61. The molecule has 4 rings (SSSR count). The molecule has 2 N–H and O–H groups in total. The molecule has 0 bridgehead atoms. The Balaban J connectivity index is 1.59. The molecular formula is C19H18N2O3. The van der Waals surface area contributed by atoms with Crippen molar-refractivity contribution in [2.45, 2.75) is 24.8 Å². The monoisotopic (exact) mass is 322 g/mol. The number of nitrogens with one attached hydrogen (secondary N) is 2. The van der Waals surface area contributed by atoms with Gasteiger partial charge in [-0.1, -0.05) is 36.4 Å². The third-order valence-corrected chi connectivity index (χ3v) is 4.59. The molecule has 5 heteroatoms. The number of hydrogen-bond donors (Lipinski definition) is 2. The maximum absolute atomic E-state index is 12.9. The Kier molecular flexibility index (Phi) is 3.69. The maximum Gasteiger partial charge on any atom is 0.228 e. The van der Waals surface area contributed by atoms with Crippen molar-refractivity contribution in [2.75, 3.05) is 11.9 Å². The highest BCUT2D eigenvalue weighted by molar-refractivity contribution is 6.01. The normalized spacial score (nSPS) is 21.8. The first kappa shape index (κ1) is 14.8. The van der Waals surface area contributed by atoms with Gasteiger partial charge in [-0.05, 0) is 17.7 Å². The van der Waals surface area contributed by atoms with Crippen LogP contribution in [0.15, 0.2) is 48.5 Å². The highest BCUT2D eigenvalue weighted by Crippen LogP contribution is 2.35. The fourth-order valence-electron chi connectivity index (χ4n) is 3.41. The molecule has 0 aliphatic carbocycles. The van der Waals surface area contributed by atoms with Crippen molar-refractivity contribution in [3.63, 3.8) is 0 Å². The second kappa shape index (κ2) is 6.00. The molecule has 2 aromatic carbocycles. The van der Waals surface area contributed by atoms with Gasteiger partial charge in [-0.25, -0.2) is 0 Å². The zero-order valence-corrected chi connectivity index (χ0v) is 13.1. The van der Waals surface area contributed by atoms with E-state index in [-0.39, 0.29) is 24.3 Å². The molecule has 2 aliphatic rings. The minimum atomic E-state index is -0.454. The number of amides is 2. The van der Waals surface area contributed by atoms with Crippen LogP contribution < -0.4 is 15.4 Å². The molecule has 0 saturated carbocycles. The molecule has 5 nitrogen and oxygen atoms in total. The van der Waals surface area contributed by atoms with E-state index in [0.29, 0.717) is 6.61 Å². The quantitative estimate of drug-likeness (QED) is 0.893. The molecule has 0 fully saturated rings. The van der Waals surface area contributed by atoms with Crippen molar-refractivity contribution in [1.29, 1.82) is 0 Å². The number of hydrogen-bond acceptors (Lipinski definition) is 3. The van der Waals surface area contributed by atoms with Crippen molar-refractivity contribution in [2.24, 2.45) is 0 Å². The van der Waals surface area contributed by atoms with Crippen molar-refractivity contribution in [3.05, 3.63) is 59.7 Å². The molecule has 2 aromatic rings. The lowest BCUT2D eigenvalue weighted by Gasteiger charge is -2.30. The van der Waals surface area contributed by atoms with Gasteiger partial charge in [-0.3, -0.25) is 9.59 Å². The minimum Gasteiger partial charge on any atom is -0.493 e. The van der Waals surface area contributed by atoms with E-state index in [0.717, 1.165) is 29.0 Å². The SMILES string of the molecule is O=C1C[C@@H](C(=O)N[C@H]2CCOc3ccccc32)c2ccccc2N1. The lowest BCUT2D eigenvalue weighted by molar-refractivity contribution is -0.127. The summed E-state index contributed by atoms with van der Waals surface area (Å²) < 4.78 is 5.64. The van der Waals surface area contributed by atoms with Crippen LogP contribution in [0.3, 0.4) is 0 Å². The number of carbonyl (C=O) groups excluding carboxylic acids is 2. The van der Waals surface area contributed by atoms with Crippen LogP contribution in [0.2, 0.25) is 0 Å². The van der Waals surface area contributed by atoms with E-state index < -0.39 is 5.92 Å². The number of rotatable bonds is 2.